The Bertz CT molecular complexity index is 570. The first-order chi connectivity index (χ1) is 8.50. The van der Waals surface area contributed by atoms with Crippen LogP contribution in [0.4, 0.5) is 8.78 Å². The number of aryl methyl sites for hydroxylation is 1. The van der Waals surface area contributed by atoms with Crippen LogP contribution in [0.2, 0.25) is 0 Å². The highest BCUT2D eigenvalue weighted by atomic mass is 79.9. The van der Waals surface area contributed by atoms with Gasteiger partial charge in [0.15, 0.2) is 11.6 Å². The maximum Gasteiger partial charge on any atom is 0.164 e. The van der Waals surface area contributed by atoms with Crippen LogP contribution >= 0.6 is 15.9 Å². The number of hydrogen-bond donors (Lipinski definition) is 1. The molecular weight excluding hydrogens is 302 g/mol. The standard InChI is InChI=1S/C13H11BrF2N2/c1-7-2-4-9(12(16)11(7)15)13(17)10-5-3-8(14)6-18-10/h2-6,13H,17H2,1H3. The molecule has 18 heavy (non-hydrogen) atoms. The molecule has 0 aliphatic rings. The van der Waals surface area contributed by atoms with Crippen molar-refractivity contribution in [2.75, 3.05) is 0 Å². The Kier molecular flexibility index (Phi) is 3.73. The lowest BCUT2D eigenvalue weighted by molar-refractivity contribution is 0.488. The molecule has 5 heteroatoms. The smallest absolute Gasteiger partial charge is 0.164 e. The van der Waals surface area contributed by atoms with Crippen LogP contribution in [-0.4, -0.2) is 4.98 Å². The van der Waals surface area contributed by atoms with Crippen LogP contribution in [0.5, 0.6) is 0 Å². The summed E-state index contributed by atoms with van der Waals surface area (Å²) in [6.45, 7) is 1.51. The average Bonchev–Trinajstić information content (AvgIpc) is 2.36. The summed E-state index contributed by atoms with van der Waals surface area (Å²) in [6, 6.07) is 5.64. The van der Waals surface area contributed by atoms with Gasteiger partial charge >= 0.3 is 0 Å². The molecule has 1 atom stereocenters. The summed E-state index contributed by atoms with van der Waals surface area (Å²) in [7, 11) is 0. The molecule has 0 radical (unpaired) electrons. The molecule has 2 aromatic rings. The molecule has 0 aliphatic carbocycles. The van der Waals surface area contributed by atoms with Gasteiger partial charge in [0.1, 0.15) is 0 Å². The highest BCUT2D eigenvalue weighted by Gasteiger charge is 2.18. The third kappa shape index (κ3) is 2.42. The Hall–Kier alpha value is -1.33. The largest absolute Gasteiger partial charge is 0.319 e. The predicted molar refractivity (Wildman–Crippen MR) is 69.1 cm³/mol. The second-order valence-electron chi connectivity index (χ2n) is 3.98. The zero-order chi connectivity index (χ0) is 13.3. The van der Waals surface area contributed by atoms with Crippen molar-refractivity contribution in [2.45, 2.75) is 13.0 Å². The van der Waals surface area contributed by atoms with E-state index in [2.05, 4.69) is 20.9 Å². The molecule has 1 unspecified atom stereocenters. The van der Waals surface area contributed by atoms with E-state index in [1.165, 1.54) is 19.1 Å². The van der Waals surface area contributed by atoms with Crippen molar-refractivity contribution < 1.29 is 8.78 Å². The summed E-state index contributed by atoms with van der Waals surface area (Å²) in [5.41, 5.74) is 6.75. The van der Waals surface area contributed by atoms with Crippen LogP contribution in [0.1, 0.15) is 22.9 Å². The Balaban J connectivity index is 2.43. The molecule has 2 nitrogen and oxygen atoms in total. The van der Waals surface area contributed by atoms with Crippen LogP contribution in [-0.2, 0) is 0 Å². The number of aromatic nitrogens is 1. The number of halogens is 3. The van der Waals surface area contributed by atoms with Crippen LogP contribution in [0, 0.1) is 18.6 Å². The highest BCUT2D eigenvalue weighted by Crippen LogP contribution is 2.24. The van der Waals surface area contributed by atoms with E-state index in [1.54, 1.807) is 18.3 Å². The highest BCUT2D eigenvalue weighted by molar-refractivity contribution is 9.10. The second-order valence-corrected chi connectivity index (χ2v) is 4.89. The van der Waals surface area contributed by atoms with Gasteiger partial charge in [-0.1, -0.05) is 12.1 Å². The summed E-state index contributed by atoms with van der Waals surface area (Å²) >= 11 is 3.25. The van der Waals surface area contributed by atoms with Crippen molar-refractivity contribution in [2.24, 2.45) is 5.73 Å². The first-order valence-electron chi connectivity index (χ1n) is 5.32. The van der Waals surface area contributed by atoms with E-state index in [-0.39, 0.29) is 11.1 Å². The van der Waals surface area contributed by atoms with Crippen molar-refractivity contribution in [1.29, 1.82) is 0 Å². The van der Waals surface area contributed by atoms with Gasteiger partial charge in [-0.05, 0) is 40.5 Å². The first-order valence-corrected chi connectivity index (χ1v) is 6.11. The molecule has 2 N–H and O–H groups in total. The summed E-state index contributed by atoms with van der Waals surface area (Å²) < 4.78 is 28.1. The van der Waals surface area contributed by atoms with E-state index in [1.807, 2.05) is 0 Å². The zero-order valence-electron chi connectivity index (χ0n) is 9.62. The van der Waals surface area contributed by atoms with Crippen molar-refractivity contribution in [1.82, 2.24) is 4.98 Å². The lowest BCUT2D eigenvalue weighted by atomic mass is 10.0. The average molecular weight is 313 g/mol. The maximum atomic E-state index is 13.8. The van der Waals surface area contributed by atoms with Gasteiger partial charge in [0, 0.05) is 16.2 Å². The molecule has 94 valence electrons. The number of pyridine rings is 1. The van der Waals surface area contributed by atoms with Gasteiger partial charge < -0.3 is 5.73 Å². The zero-order valence-corrected chi connectivity index (χ0v) is 11.2. The molecular formula is C13H11BrF2N2. The van der Waals surface area contributed by atoms with Crippen molar-refractivity contribution in [3.8, 4) is 0 Å². The molecule has 0 fully saturated rings. The molecule has 0 bridgehead atoms. The second kappa shape index (κ2) is 5.12. The molecule has 1 aromatic heterocycles. The van der Waals surface area contributed by atoms with Gasteiger partial charge in [-0.3, -0.25) is 4.98 Å². The molecule has 1 aromatic carbocycles. The Labute approximate surface area is 112 Å². The summed E-state index contributed by atoms with van der Waals surface area (Å²) in [5, 5.41) is 0. The number of rotatable bonds is 2. The SMILES string of the molecule is Cc1ccc(C(N)c2ccc(Br)cn2)c(F)c1F. The van der Waals surface area contributed by atoms with Crippen molar-refractivity contribution in [3.05, 3.63) is 63.4 Å². The van der Waals surface area contributed by atoms with Crippen LogP contribution in [0.15, 0.2) is 34.9 Å². The number of nitrogens with zero attached hydrogens (tertiary/aromatic N) is 1. The molecule has 2 rings (SSSR count). The van der Waals surface area contributed by atoms with E-state index in [9.17, 15) is 8.78 Å². The van der Waals surface area contributed by atoms with Crippen LogP contribution in [0.3, 0.4) is 0 Å². The Morgan fingerprint density at radius 1 is 1.17 bits per heavy atom. The fourth-order valence-electron chi connectivity index (χ4n) is 1.63. The van der Waals surface area contributed by atoms with Crippen LogP contribution in [0.25, 0.3) is 0 Å². The number of nitrogens with two attached hydrogens (primary N) is 1. The van der Waals surface area contributed by atoms with Gasteiger partial charge in [-0.15, -0.1) is 0 Å². The maximum absolute atomic E-state index is 13.8. The number of hydrogen-bond acceptors (Lipinski definition) is 2. The normalized spacial score (nSPS) is 12.5. The summed E-state index contributed by atoms with van der Waals surface area (Å²) in [6.07, 6.45) is 1.57. The minimum absolute atomic E-state index is 0.105. The van der Waals surface area contributed by atoms with Crippen LogP contribution < -0.4 is 5.73 Å². The van der Waals surface area contributed by atoms with E-state index in [4.69, 9.17) is 5.73 Å². The topological polar surface area (TPSA) is 38.9 Å². The van der Waals surface area contributed by atoms with Crippen molar-refractivity contribution in [3.63, 3.8) is 0 Å². The van der Waals surface area contributed by atoms with E-state index < -0.39 is 17.7 Å². The Morgan fingerprint density at radius 2 is 1.89 bits per heavy atom. The van der Waals surface area contributed by atoms with Gasteiger partial charge in [0.05, 0.1) is 11.7 Å². The molecule has 0 spiro atoms. The van der Waals surface area contributed by atoms with E-state index >= 15 is 0 Å². The van der Waals surface area contributed by atoms with Crippen molar-refractivity contribution >= 4 is 15.9 Å². The minimum atomic E-state index is -0.910. The molecule has 1 heterocycles. The van der Waals surface area contributed by atoms with Gasteiger partial charge in [0.2, 0.25) is 0 Å². The molecule has 0 aliphatic heterocycles. The third-order valence-electron chi connectivity index (χ3n) is 2.71. The number of benzene rings is 1. The first kappa shape index (κ1) is 13.1. The quantitative estimate of drug-likeness (QED) is 0.922. The summed E-state index contributed by atoms with van der Waals surface area (Å²) in [5.74, 6) is -1.77. The molecule has 0 saturated carbocycles. The van der Waals surface area contributed by atoms with E-state index in [0.717, 1.165) is 4.47 Å². The van der Waals surface area contributed by atoms with Gasteiger partial charge in [-0.2, -0.15) is 0 Å². The monoisotopic (exact) mass is 312 g/mol. The lowest BCUT2D eigenvalue weighted by Gasteiger charge is -2.13. The molecule has 0 saturated heterocycles. The lowest BCUT2D eigenvalue weighted by Crippen LogP contribution is -2.16. The molecule has 0 amide bonds. The minimum Gasteiger partial charge on any atom is -0.319 e. The fraction of sp³-hybridized carbons (Fsp3) is 0.154. The van der Waals surface area contributed by atoms with Gasteiger partial charge in [-0.25, -0.2) is 8.78 Å². The predicted octanol–water partition coefficient (Wildman–Crippen LogP) is 3.48. The summed E-state index contributed by atoms with van der Waals surface area (Å²) in [4.78, 5) is 4.09. The third-order valence-corrected chi connectivity index (χ3v) is 3.18. The Morgan fingerprint density at radius 3 is 2.50 bits per heavy atom. The fourth-order valence-corrected chi connectivity index (χ4v) is 1.87. The van der Waals surface area contributed by atoms with E-state index in [0.29, 0.717) is 5.69 Å². The van der Waals surface area contributed by atoms with Gasteiger partial charge in [0.25, 0.3) is 0 Å².